The first-order valence-electron chi connectivity index (χ1n) is 7.98. The fourth-order valence-corrected chi connectivity index (χ4v) is 2.72. The number of ether oxygens (including phenoxy) is 1. The Morgan fingerprint density at radius 2 is 1.79 bits per heavy atom. The molecule has 0 bridgehead atoms. The van der Waals surface area contributed by atoms with Crippen LogP contribution in [0, 0.1) is 0 Å². The molecule has 1 unspecified atom stereocenters. The van der Waals surface area contributed by atoms with Crippen LogP contribution in [0.25, 0.3) is 11.0 Å². The Bertz CT molecular complexity index is 921. The molecular formula is C16H14Cl2F3N3O5. The molecule has 0 radical (unpaired) electrons. The van der Waals surface area contributed by atoms with Crippen LogP contribution in [-0.4, -0.2) is 57.0 Å². The lowest BCUT2D eigenvalue weighted by atomic mass is 10.0. The zero-order chi connectivity index (χ0) is 21.8. The molecule has 8 nitrogen and oxygen atoms in total. The van der Waals surface area contributed by atoms with Crippen molar-refractivity contribution in [3.8, 4) is 0 Å². The molecule has 29 heavy (non-hydrogen) atoms. The van der Waals surface area contributed by atoms with Crippen LogP contribution < -0.4 is 5.32 Å². The standard InChI is InChI=1S/C14H13Cl2N3O3.C2HF3O2/c15-8-4-10-11(5-9(8)16)19-12(6-17-10)18-7-14(13(20)21)2-1-3-22-14;3-2(4,5)1(6)7/h4-6H,1-3,7H2,(H,18,19)(H,20,21);(H,6,7). The summed E-state index contributed by atoms with van der Waals surface area (Å²) in [6.07, 6.45) is -2.36. The molecule has 2 aromatic rings. The molecule has 1 aliphatic rings. The fourth-order valence-electron chi connectivity index (χ4n) is 2.41. The second-order valence-corrected chi connectivity index (χ2v) is 6.73. The average molecular weight is 456 g/mol. The van der Waals surface area contributed by atoms with Crippen LogP contribution in [0.15, 0.2) is 18.3 Å². The number of nitrogens with zero attached hydrogens (tertiary/aromatic N) is 2. The Labute approximate surface area is 171 Å². The first-order valence-corrected chi connectivity index (χ1v) is 8.73. The van der Waals surface area contributed by atoms with Crippen LogP contribution in [0.3, 0.4) is 0 Å². The van der Waals surface area contributed by atoms with E-state index in [1.807, 2.05) is 0 Å². The number of fused-ring (bicyclic) bond motifs is 1. The summed E-state index contributed by atoms with van der Waals surface area (Å²) in [5, 5.41) is 20.3. The maximum absolute atomic E-state index is 11.4. The molecule has 0 saturated carbocycles. The van der Waals surface area contributed by atoms with E-state index >= 15 is 0 Å². The predicted octanol–water partition coefficient (Wildman–Crippen LogP) is 3.62. The number of hydrogen-bond acceptors (Lipinski definition) is 6. The maximum Gasteiger partial charge on any atom is 0.490 e. The van der Waals surface area contributed by atoms with Crippen molar-refractivity contribution >= 4 is 52.0 Å². The molecule has 13 heteroatoms. The lowest BCUT2D eigenvalue weighted by molar-refractivity contribution is -0.192. The molecule has 3 rings (SSSR count). The summed E-state index contributed by atoms with van der Waals surface area (Å²) in [5.74, 6) is -3.27. The highest BCUT2D eigenvalue weighted by atomic mass is 35.5. The molecule has 1 aliphatic heterocycles. The van der Waals surface area contributed by atoms with Gasteiger partial charge < -0.3 is 20.3 Å². The Morgan fingerprint density at radius 1 is 1.21 bits per heavy atom. The molecule has 1 atom stereocenters. The van der Waals surface area contributed by atoms with Crippen molar-refractivity contribution in [3.05, 3.63) is 28.4 Å². The molecule has 1 aromatic carbocycles. The lowest BCUT2D eigenvalue weighted by Gasteiger charge is -2.23. The predicted molar refractivity (Wildman–Crippen MR) is 97.3 cm³/mol. The highest BCUT2D eigenvalue weighted by Crippen LogP contribution is 2.28. The minimum Gasteiger partial charge on any atom is -0.479 e. The summed E-state index contributed by atoms with van der Waals surface area (Å²) >= 11 is 11.9. The molecule has 0 aliphatic carbocycles. The van der Waals surface area contributed by atoms with Gasteiger partial charge in [-0.2, -0.15) is 13.2 Å². The minimum absolute atomic E-state index is 0.129. The summed E-state index contributed by atoms with van der Waals surface area (Å²) in [6.45, 7) is 0.579. The van der Waals surface area contributed by atoms with E-state index in [0.29, 0.717) is 39.9 Å². The van der Waals surface area contributed by atoms with E-state index in [4.69, 9.17) is 37.8 Å². The number of anilines is 1. The van der Waals surface area contributed by atoms with Crippen molar-refractivity contribution < 1.29 is 37.7 Å². The van der Waals surface area contributed by atoms with Gasteiger partial charge in [-0.3, -0.25) is 4.98 Å². The van der Waals surface area contributed by atoms with E-state index in [1.54, 1.807) is 12.1 Å². The summed E-state index contributed by atoms with van der Waals surface area (Å²) in [4.78, 5) is 28.9. The second-order valence-electron chi connectivity index (χ2n) is 5.92. The van der Waals surface area contributed by atoms with Crippen molar-refractivity contribution in [2.75, 3.05) is 18.5 Å². The molecule has 2 heterocycles. The van der Waals surface area contributed by atoms with Gasteiger partial charge in [0.1, 0.15) is 5.82 Å². The van der Waals surface area contributed by atoms with Gasteiger partial charge in [-0.15, -0.1) is 0 Å². The highest BCUT2D eigenvalue weighted by Gasteiger charge is 2.43. The number of halogens is 5. The van der Waals surface area contributed by atoms with Gasteiger partial charge in [-0.05, 0) is 25.0 Å². The van der Waals surface area contributed by atoms with Gasteiger partial charge in [0.25, 0.3) is 0 Å². The zero-order valence-electron chi connectivity index (χ0n) is 14.5. The number of carbonyl (C=O) groups is 2. The van der Waals surface area contributed by atoms with Crippen molar-refractivity contribution in [2.45, 2.75) is 24.6 Å². The SMILES string of the molecule is O=C(O)C(F)(F)F.O=C(O)C1(CNc2cnc3cc(Cl)c(Cl)cc3n2)CCCO1. The van der Waals surface area contributed by atoms with Gasteiger partial charge in [0.2, 0.25) is 0 Å². The number of benzene rings is 1. The number of alkyl halides is 3. The minimum atomic E-state index is -5.08. The van der Waals surface area contributed by atoms with Gasteiger partial charge in [0.05, 0.1) is 33.8 Å². The van der Waals surface area contributed by atoms with Crippen LogP contribution >= 0.6 is 23.2 Å². The van der Waals surface area contributed by atoms with Crippen LogP contribution in [-0.2, 0) is 14.3 Å². The van der Waals surface area contributed by atoms with Gasteiger partial charge in [-0.1, -0.05) is 23.2 Å². The fraction of sp³-hybridized carbons (Fsp3) is 0.375. The topological polar surface area (TPSA) is 122 Å². The van der Waals surface area contributed by atoms with E-state index in [-0.39, 0.29) is 6.54 Å². The number of rotatable bonds is 4. The smallest absolute Gasteiger partial charge is 0.479 e. The van der Waals surface area contributed by atoms with E-state index < -0.39 is 23.7 Å². The lowest BCUT2D eigenvalue weighted by Crippen LogP contribution is -2.44. The first kappa shape index (κ1) is 22.9. The van der Waals surface area contributed by atoms with Gasteiger partial charge in [0.15, 0.2) is 5.60 Å². The van der Waals surface area contributed by atoms with E-state index in [0.717, 1.165) is 6.42 Å². The Morgan fingerprint density at radius 3 is 2.28 bits per heavy atom. The van der Waals surface area contributed by atoms with Crippen molar-refractivity contribution in [3.63, 3.8) is 0 Å². The number of aromatic nitrogens is 2. The third kappa shape index (κ3) is 5.81. The zero-order valence-corrected chi connectivity index (χ0v) is 16.0. The average Bonchev–Trinajstić information content (AvgIpc) is 3.11. The van der Waals surface area contributed by atoms with Crippen molar-refractivity contribution in [1.29, 1.82) is 0 Å². The quantitative estimate of drug-likeness (QED) is 0.638. The van der Waals surface area contributed by atoms with Gasteiger partial charge in [-0.25, -0.2) is 14.6 Å². The maximum atomic E-state index is 11.4. The van der Waals surface area contributed by atoms with E-state index in [1.165, 1.54) is 6.20 Å². The number of aliphatic carboxylic acids is 2. The Kier molecular flexibility index (Phi) is 7.09. The molecule has 0 amide bonds. The second kappa shape index (κ2) is 8.97. The summed E-state index contributed by atoms with van der Waals surface area (Å²) in [7, 11) is 0. The summed E-state index contributed by atoms with van der Waals surface area (Å²) in [5.41, 5.74) is -0.00463. The summed E-state index contributed by atoms with van der Waals surface area (Å²) in [6, 6.07) is 3.26. The number of carboxylic acid groups (broad SMARTS) is 2. The molecule has 1 fully saturated rings. The third-order valence-corrected chi connectivity index (χ3v) is 4.60. The molecule has 0 spiro atoms. The molecular weight excluding hydrogens is 442 g/mol. The van der Waals surface area contributed by atoms with Crippen LogP contribution in [0.2, 0.25) is 10.0 Å². The molecule has 1 aromatic heterocycles. The molecule has 1 saturated heterocycles. The van der Waals surface area contributed by atoms with Crippen LogP contribution in [0.1, 0.15) is 12.8 Å². The molecule has 3 N–H and O–H groups in total. The van der Waals surface area contributed by atoms with E-state index in [2.05, 4.69) is 15.3 Å². The van der Waals surface area contributed by atoms with Crippen LogP contribution in [0.5, 0.6) is 0 Å². The van der Waals surface area contributed by atoms with Crippen molar-refractivity contribution in [1.82, 2.24) is 9.97 Å². The number of nitrogens with one attached hydrogen (secondary N) is 1. The van der Waals surface area contributed by atoms with Gasteiger partial charge >= 0.3 is 18.1 Å². The van der Waals surface area contributed by atoms with Crippen LogP contribution in [0.4, 0.5) is 19.0 Å². The summed E-state index contributed by atoms with van der Waals surface area (Å²) < 4.78 is 37.1. The molecule has 158 valence electrons. The number of hydrogen-bond donors (Lipinski definition) is 3. The largest absolute Gasteiger partial charge is 0.490 e. The first-order chi connectivity index (χ1) is 13.4. The van der Waals surface area contributed by atoms with Crippen molar-refractivity contribution in [2.24, 2.45) is 0 Å². The highest BCUT2D eigenvalue weighted by molar-refractivity contribution is 6.42. The normalized spacial score (nSPS) is 18.8. The van der Waals surface area contributed by atoms with Gasteiger partial charge in [0, 0.05) is 6.61 Å². The monoisotopic (exact) mass is 455 g/mol. The number of carboxylic acids is 2. The Balaban J connectivity index is 0.000000370. The Hall–Kier alpha value is -2.37. The third-order valence-electron chi connectivity index (χ3n) is 3.87. The van der Waals surface area contributed by atoms with E-state index in [9.17, 15) is 23.1 Å².